The van der Waals surface area contributed by atoms with E-state index in [2.05, 4.69) is 0 Å². The van der Waals surface area contributed by atoms with E-state index in [9.17, 15) is 9.59 Å². The second kappa shape index (κ2) is 7.75. The molecule has 1 fully saturated rings. The number of carboxylic acids is 1. The number of nitrogens with zero attached hydrogens (tertiary/aromatic N) is 1. The minimum Gasteiger partial charge on any atom is -0.480 e. The van der Waals surface area contributed by atoms with E-state index in [4.69, 9.17) is 9.84 Å². The zero-order chi connectivity index (χ0) is 15.9. The van der Waals surface area contributed by atoms with Crippen molar-refractivity contribution >= 4 is 11.9 Å². The van der Waals surface area contributed by atoms with E-state index in [1.165, 1.54) is 4.90 Å². The van der Waals surface area contributed by atoms with Crippen molar-refractivity contribution in [3.63, 3.8) is 0 Å². The summed E-state index contributed by atoms with van der Waals surface area (Å²) in [5, 5.41) is 9.17. The Labute approximate surface area is 130 Å². The van der Waals surface area contributed by atoms with Crippen LogP contribution in [-0.4, -0.2) is 41.1 Å². The Morgan fingerprint density at radius 1 is 1.36 bits per heavy atom. The highest BCUT2D eigenvalue weighted by Crippen LogP contribution is 2.20. The molecule has 0 saturated carbocycles. The Kier molecular flexibility index (Phi) is 5.72. The number of likely N-dealkylation sites (tertiary alicyclic amines) is 1. The van der Waals surface area contributed by atoms with Crippen molar-refractivity contribution in [2.75, 3.05) is 13.2 Å². The van der Waals surface area contributed by atoms with Gasteiger partial charge in [0.2, 0.25) is 0 Å². The fourth-order valence-corrected chi connectivity index (χ4v) is 2.57. The van der Waals surface area contributed by atoms with Crippen molar-refractivity contribution in [2.45, 2.75) is 32.4 Å². The number of carboxylic acid groups (broad SMARTS) is 1. The predicted octanol–water partition coefficient (Wildman–Crippen LogP) is 2.23. The molecule has 2 rings (SSSR count). The molecule has 1 saturated heterocycles. The maximum atomic E-state index is 12.4. The smallest absolute Gasteiger partial charge is 0.326 e. The molecule has 0 radical (unpaired) electrons. The van der Waals surface area contributed by atoms with Gasteiger partial charge in [0.05, 0.1) is 13.2 Å². The third kappa shape index (κ3) is 3.95. The summed E-state index contributed by atoms with van der Waals surface area (Å²) in [6.45, 7) is 2.87. The zero-order valence-corrected chi connectivity index (χ0v) is 12.7. The molecule has 0 spiro atoms. The van der Waals surface area contributed by atoms with Gasteiger partial charge in [-0.1, -0.05) is 36.4 Å². The second-order valence-corrected chi connectivity index (χ2v) is 5.29. The van der Waals surface area contributed by atoms with Crippen LogP contribution in [0.15, 0.2) is 42.0 Å². The number of benzene rings is 1. The molecule has 1 aromatic rings. The summed E-state index contributed by atoms with van der Waals surface area (Å²) in [5.74, 6) is -1.17. The molecule has 1 heterocycles. The van der Waals surface area contributed by atoms with Gasteiger partial charge in [0.15, 0.2) is 0 Å². The predicted molar refractivity (Wildman–Crippen MR) is 82.2 cm³/mol. The Morgan fingerprint density at radius 3 is 2.73 bits per heavy atom. The van der Waals surface area contributed by atoms with Crippen molar-refractivity contribution in [3.05, 3.63) is 47.5 Å². The van der Waals surface area contributed by atoms with Crippen LogP contribution in [-0.2, 0) is 20.9 Å². The van der Waals surface area contributed by atoms with E-state index >= 15 is 0 Å². The van der Waals surface area contributed by atoms with Gasteiger partial charge in [-0.2, -0.15) is 0 Å². The number of hydrogen-bond donors (Lipinski definition) is 1. The molecule has 1 atom stereocenters. The van der Waals surface area contributed by atoms with Crippen molar-refractivity contribution in [2.24, 2.45) is 0 Å². The minimum absolute atomic E-state index is 0.188. The van der Waals surface area contributed by atoms with Crippen LogP contribution in [0, 0.1) is 0 Å². The number of ether oxygens (including phenoxy) is 1. The van der Waals surface area contributed by atoms with Crippen molar-refractivity contribution in [3.8, 4) is 0 Å². The Balaban J connectivity index is 1.91. The van der Waals surface area contributed by atoms with Gasteiger partial charge in [0, 0.05) is 12.1 Å². The summed E-state index contributed by atoms with van der Waals surface area (Å²) in [4.78, 5) is 25.1. The number of aliphatic carboxylic acids is 1. The Bertz CT molecular complexity index is 553. The summed E-state index contributed by atoms with van der Waals surface area (Å²) in [7, 11) is 0. The Hall–Kier alpha value is -2.14. The lowest BCUT2D eigenvalue weighted by molar-refractivity contribution is -0.147. The van der Waals surface area contributed by atoms with Gasteiger partial charge in [-0.3, -0.25) is 4.79 Å². The maximum absolute atomic E-state index is 12.4. The van der Waals surface area contributed by atoms with E-state index < -0.39 is 12.0 Å². The molecule has 0 aromatic heterocycles. The lowest BCUT2D eigenvalue weighted by Gasteiger charge is -2.22. The van der Waals surface area contributed by atoms with Gasteiger partial charge in [0.1, 0.15) is 6.04 Å². The topological polar surface area (TPSA) is 66.8 Å². The molecular weight excluding hydrogens is 282 g/mol. The molecule has 22 heavy (non-hydrogen) atoms. The van der Waals surface area contributed by atoms with Crippen molar-refractivity contribution < 1.29 is 19.4 Å². The lowest BCUT2D eigenvalue weighted by Crippen LogP contribution is -2.41. The van der Waals surface area contributed by atoms with Gasteiger partial charge in [-0.25, -0.2) is 4.79 Å². The molecular formula is C17H21NO4. The van der Waals surface area contributed by atoms with Crippen LogP contribution >= 0.6 is 0 Å². The fourth-order valence-electron chi connectivity index (χ4n) is 2.57. The average Bonchev–Trinajstić information content (AvgIpc) is 3.02. The highest BCUT2D eigenvalue weighted by molar-refractivity contribution is 5.96. The normalized spacial score (nSPS) is 18.5. The van der Waals surface area contributed by atoms with Crippen LogP contribution < -0.4 is 0 Å². The molecule has 5 heteroatoms. The molecule has 1 amide bonds. The van der Waals surface area contributed by atoms with Gasteiger partial charge in [-0.05, 0) is 25.3 Å². The number of carbonyl (C=O) groups excluding carboxylic acids is 1. The first-order valence-corrected chi connectivity index (χ1v) is 7.44. The van der Waals surface area contributed by atoms with E-state index in [0.717, 1.165) is 12.0 Å². The molecule has 1 aromatic carbocycles. The van der Waals surface area contributed by atoms with Crippen LogP contribution in [0.3, 0.4) is 0 Å². The van der Waals surface area contributed by atoms with Crippen molar-refractivity contribution in [1.29, 1.82) is 0 Å². The number of hydrogen-bond acceptors (Lipinski definition) is 3. The molecule has 0 unspecified atom stereocenters. The molecule has 5 nitrogen and oxygen atoms in total. The van der Waals surface area contributed by atoms with E-state index in [1.807, 2.05) is 30.3 Å². The average molecular weight is 303 g/mol. The molecule has 1 aliphatic rings. The van der Waals surface area contributed by atoms with Gasteiger partial charge in [0.25, 0.3) is 5.91 Å². The van der Waals surface area contributed by atoms with Crippen LogP contribution in [0.5, 0.6) is 0 Å². The highest BCUT2D eigenvalue weighted by atomic mass is 16.5. The first-order valence-electron chi connectivity index (χ1n) is 7.44. The van der Waals surface area contributed by atoms with E-state index in [0.29, 0.717) is 25.1 Å². The molecule has 0 bridgehead atoms. The van der Waals surface area contributed by atoms with Crippen LogP contribution in [0.25, 0.3) is 0 Å². The quantitative estimate of drug-likeness (QED) is 0.818. The maximum Gasteiger partial charge on any atom is 0.326 e. The summed E-state index contributed by atoms with van der Waals surface area (Å²) < 4.78 is 5.59. The number of carbonyl (C=O) groups is 2. The summed E-state index contributed by atoms with van der Waals surface area (Å²) in [6, 6.07) is 9.00. The van der Waals surface area contributed by atoms with Crippen LogP contribution in [0.1, 0.15) is 25.3 Å². The third-order valence-corrected chi connectivity index (χ3v) is 3.79. The van der Waals surface area contributed by atoms with Crippen molar-refractivity contribution in [1.82, 2.24) is 4.90 Å². The first kappa shape index (κ1) is 16.2. The number of amides is 1. The largest absolute Gasteiger partial charge is 0.480 e. The molecule has 1 N–H and O–H groups in total. The number of allylic oxidation sites excluding steroid dienone is 1. The molecule has 118 valence electrons. The monoisotopic (exact) mass is 303 g/mol. The van der Waals surface area contributed by atoms with E-state index in [-0.39, 0.29) is 12.5 Å². The SMILES string of the molecule is C/C=C(\COCc1ccccc1)C(=O)N1CCC[C@H]1C(=O)O. The lowest BCUT2D eigenvalue weighted by atomic mass is 10.2. The highest BCUT2D eigenvalue weighted by Gasteiger charge is 2.34. The van der Waals surface area contributed by atoms with E-state index in [1.54, 1.807) is 13.0 Å². The summed E-state index contributed by atoms with van der Waals surface area (Å²) in [6.07, 6.45) is 2.94. The summed E-state index contributed by atoms with van der Waals surface area (Å²) >= 11 is 0. The fraction of sp³-hybridized carbons (Fsp3) is 0.412. The van der Waals surface area contributed by atoms with Gasteiger partial charge < -0.3 is 14.7 Å². The standard InChI is InChI=1S/C17H21NO4/c1-2-14(12-22-11-13-7-4-3-5-8-13)16(19)18-10-6-9-15(18)17(20)21/h2-5,7-8,15H,6,9-12H2,1H3,(H,20,21)/b14-2+/t15-/m0/s1. The van der Waals surface area contributed by atoms with Gasteiger partial charge >= 0.3 is 5.97 Å². The zero-order valence-electron chi connectivity index (χ0n) is 12.7. The van der Waals surface area contributed by atoms with Crippen LogP contribution in [0.2, 0.25) is 0 Å². The molecule has 0 aliphatic carbocycles. The van der Waals surface area contributed by atoms with Crippen LogP contribution in [0.4, 0.5) is 0 Å². The first-order chi connectivity index (χ1) is 10.6. The summed E-state index contributed by atoms with van der Waals surface area (Å²) in [5.41, 5.74) is 1.54. The Morgan fingerprint density at radius 2 is 2.09 bits per heavy atom. The second-order valence-electron chi connectivity index (χ2n) is 5.29. The van der Waals surface area contributed by atoms with Gasteiger partial charge in [-0.15, -0.1) is 0 Å². The number of rotatable bonds is 6. The third-order valence-electron chi connectivity index (χ3n) is 3.79. The minimum atomic E-state index is -0.938. The molecule has 1 aliphatic heterocycles.